The SMILES string of the molecule is CCCCCNc1cc(C(=O)NC2CCCC2)ncn1. The van der Waals surface area contributed by atoms with Crippen molar-refractivity contribution in [2.45, 2.75) is 57.9 Å². The summed E-state index contributed by atoms with van der Waals surface area (Å²) in [5.41, 5.74) is 0.449. The molecule has 1 aliphatic rings. The first kappa shape index (κ1) is 14.8. The fourth-order valence-electron chi connectivity index (χ4n) is 2.50. The van der Waals surface area contributed by atoms with E-state index in [-0.39, 0.29) is 5.91 Å². The summed E-state index contributed by atoms with van der Waals surface area (Å²) in [5.74, 6) is 0.642. The third kappa shape index (κ3) is 4.47. The molecule has 0 bridgehead atoms. The van der Waals surface area contributed by atoms with Crippen LogP contribution in [0.2, 0.25) is 0 Å². The van der Waals surface area contributed by atoms with E-state index in [1.807, 2.05) is 0 Å². The van der Waals surface area contributed by atoms with Crippen LogP contribution in [0.3, 0.4) is 0 Å². The number of carbonyl (C=O) groups is 1. The molecule has 0 atom stereocenters. The van der Waals surface area contributed by atoms with Gasteiger partial charge in [-0.05, 0) is 19.3 Å². The molecule has 110 valence electrons. The molecule has 0 radical (unpaired) electrons. The van der Waals surface area contributed by atoms with E-state index in [9.17, 15) is 4.79 Å². The Labute approximate surface area is 120 Å². The zero-order valence-electron chi connectivity index (χ0n) is 12.2. The Bertz CT molecular complexity index is 430. The molecule has 1 amide bonds. The predicted molar refractivity (Wildman–Crippen MR) is 79.8 cm³/mol. The molecule has 0 aromatic carbocycles. The third-order valence-electron chi connectivity index (χ3n) is 3.68. The van der Waals surface area contributed by atoms with Gasteiger partial charge in [-0.1, -0.05) is 32.6 Å². The third-order valence-corrected chi connectivity index (χ3v) is 3.68. The van der Waals surface area contributed by atoms with Crippen LogP contribution in [0.4, 0.5) is 5.82 Å². The van der Waals surface area contributed by atoms with Gasteiger partial charge in [-0.3, -0.25) is 4.79 Å². The number of unbranched alkanes of at least 4 members (excludes halogenated alkanes) is 2. The molecule has 0 unspecified atom stereocenters. The lowest BCUT2D eigenvalue weighted by Crippen LogP contribution is -2.33. The number of carbonyl (C=O) groups excluding carboxylic acids is 1. The molecule has 5 heteroatoms. The van der Waals surface area contributed by atoms with Gasteiger partial charge < -0.3 is 10.6 Å². The molecule has 1 saturated carbocycles. The molecule has 0 spiro atoms. The van der Waals surface area contributed by atoms with Gasteiger partial charge >= 0.3 is 0 Å². The topological polar surface area (TPSA) is 66.9 Å². The van der Waals surface area contributed by atoms with E-state index in [2.05, 4.69) is 27.5 Å². The number of hydrogen-bond acceptors (Lipinski definition) is 4. The number of rotatable bonds is 7. The number of nitrogens with one attached hydrogen (secondary N) is 2. The zero-order valence-corrected chi connectivity index (χ0v) is 12.2. The van der Waals surface area contributed by atoms with Crippen molar-refractivity contribution >= 4 is 11.7 Å². The molecule has 0 aliphatic heterocycles. The maximum Gasteiger partial charge on any atom is 0.270 e. The molecule has 1 fully saturated rings. The van der Waals surface area contributed by atoms with Gasteiger partial charge in [0.15, 0.2) is 0 Å². The van der Waals surface area contributed by atoms with Crippen LogP contribution < -0.4 is 10.6 Å². The fraction of sp³-hybridized carbons (Fsp3) is 0.667. The number of amides is 1. The van der Waals surface area contributed by atoms with Gasteiger partial charge in [0, 0.05) is 18.7 Å². The quantitative estimate of drug-likeness (QED) is 0.751. The Morgan fingerprint density at radius 1 is 1.30 bits per heavy atom. The average Bonchev–Trinajstić information content (AvgIpc) is 2.97. The van der Waals surface area contributed by atoms with Gasteiger partial charge in [0.2, 0.25) is 0 Å². The van der Waals surface area contributed by atoms with E-state index in [0.29, 0.717) is 11.7 Å². The summed E-state index contributed by atoms with van der Waals surface area (Å²) in [6.07, 6.45) is 9.54. The first-order valence-electron chi connectivity index (χ1n) is 7.66. The van der Waals surface area contributed by atoms with Crippen molar-refractivity contribution in [3.63, 3.8) is 0 Å². The first-order valence-corrected chi connectivity index (χ1v) is 7.66. The maximum absolute atomic E-state index is 12.1. The van der Waals surface area contributed by atoms with E-state index >= 15 is 0 Å². The fourth-order valence-corrected chi connectivity index (χ4v) is 2.50. The van der Waals surface area contributed by atoms with Crippen molar-refractivity contribution in [1.29, 1.82) is 0 Å². The van der Waals surface area contributed by atoms with Gasteiger partial charge in [0.05, 0.1) is 0 Å². The summed E-state index contributed by atoms with van der Waals surface area (Å²) in [7, 11) is 0. The molecule has 2 rings (SSSR count). The monoisotopic (exact) mass is 276 g/mol. The molecule has 1 aromatic heterocycles. The van der Waals surface area contributed by atoms with E-state index in [4.69, 9.17) is 0 Å². The van der Waals surface area contributed by atoms with Crippen LogP contribution in [0.5, 0.6) is 0 Å². The summed E-state index contributed by atoms with van der Waals surface area (Å²) in [5, 5.41) is 6.28. The number of anilines is 1. The average molecular weight is 276 g/mol. The minimum absolute atomic E-state index is 0.0871. The second-order valence-corrected chi connectivity index (χ2v) is 5.38. The lowest BCUT2D eigenvalue weighted by Gasteiger charge is -2.12. The van der Waals surface area contributed by atoms with Crippen LogP contribution in [-0.4, -0.2) is 28.5 Å². The van der Waals surface area contributed by atoms with Gasteiger partial charge in [-0.2, -0.15) is 0 Å². The summed E-state index contributed by atoms with van der Waals surface area (Å²) in [6, 6.07) is 2.05. The number of hydrogen-bond donors (Lipinski definition) is 2. The Hall–Kier alpha value is -1.65. The first-order chi connectivity index (χ1) is 9.79. The largest absolute Gasteiger partial charge is 0.370 e. The van der Waals surface area contributed by atoms with Crippen LogP contribution >= 0.6 is 0 Å². The van der Waals surface area contributed by atoms with Crippen molar-refractivity contribution in [1.82, 2.24) is 15.3 Å². The molecule has 0 saturated heterocycles. The predicted octanol–water partition coefficient (Wildman–Crippen LogP) is 2.75. The highest BCUT2D eigenvalue weighted by Gasteiger charge is 2.18. The van der Waals surface area contributed by atoms with Crippen molar-refractivity contribution in [3.8, 4) is 0 Å². The minimum atomic E-state index is -0.0871. The van der Waals surface area contributed by atoms with Crippen LogP contribution in [0.15, 0.2) is 12.4 Å². The highest BCUT2D eigenvalue weighted by Crippen LogP contribution is 2.18. The molecule has 5 nitrogen and oxygen atoms in total. The highest BCUT2D eigenvalue weighted by molar-refractivity contribution is 5.93. The second kappa shape index (κ2) is 7.82. The summed E-state index contributed by atoms with van der Waals surface area (Å²) < 4.78 is 0. The summed E-state index contributed by atoms with van der Waals surface area (Å²) in [6.45, 7) is 3.06. The Morgan fingerprint density at radius 3 is 2.85 bits per heavy atom. The smallest absolute Gasteiger partial charge is 0.270 e. The van der Waals surface area contributed by atoms with E-state index in [0.717, 1.165) is 31.6 Å². The number of nitrogens with zero attached hydrogens (tertiary/aromatic N) is 2. The Balaban J connectivity index is 1.85. The Kier molecular flexibility index (Phi) is 5.77. The molecule has 20 heavy (non-hydrogen) atoms. The lowest BCUT2D eigenvalue weighted by molar-refractivity contribution is 0.0932. The molecule has 1 aromatic rings. The van der Waals surface area contributed by atoms with Crippen LogP contribution in [-0.2, 0) is 0 Å². The summed E-state index contributed by atoms with van der Waals surface area (Å²) in [4.78, 5) is 20.3. The van der Waals surface area contributed by atoms with Crippen molar-refractivity contribution in [2.75, 3.05) is 11.9 Å². The highest BCUT2D eigenvalue weighted by atomic mass is 16.1. The molecule has 2 N–H and O–H groups in total. The molecule has 1 heterocycles. The van der Waals surface area contributed by atoms with Crippen molar-refractivity contribution in [2.24, 2.45) is 0 Å². The van der Waals surface area contributed by atoms with E-state index < -0.39 is 0 Å². The van der Waals surface area contributed by atoms with Crippen LogP contribution in [0.1, 0.15) is 62.4 Å². The standard InChI is InChI=1S/C15H24N4O/c1-2-3-6-9-16-14-10-13(17-11-18-14)15(20)19-12-7-4-5-8-12/h10-12H,2-9H2,1H3,(H,19,20)(H,16,17,18). The van der Waals surface area contributed by atoms with Gasteiger partial charge in [-0.15, -0.1) is 0 Å². The molecular formula is C15H24N4O. The van der Waals surface area contributed by atoms with Crippen molar-refractivity contribution in [3.05, 3.63) is 18.1 Å². The van der Waals surface area contributed by atoms with Gasteiger partial charge in [-0.25, -0.2) is 9.97 Å². The van der Waals surface area contributed by atoms with E-state index in [1.54, 1.807) is 6.07 Å². The van der Waals surface area contributed by atoms with Gasteiger partial charge in [0.25, 0.3) is 5.91 Å². The van der Waals surface area contributed by atoms with Gasteiger partial charge in [0.1, 0.15) is 17.8 Å². The lowest BCUT2D eigenvalue weighted by atomic mass is 10.2. The Morgan fingerprint density at radius 2 is 2.10 bits per heavy atom. The van der Waals surface area contributed by atoms with Crippen molar-refractivity contribution < 1.29 is 4.79 Å². The van der Waals surface area contributed by atoms with E-state index in [1.165, 1.54) is 32.0 Å². The maximum atomic E-state index is 12.1. The summed E-state index contributed by atoms with van der Waals surface area (Å²) >= 11 is 0. The number of aromatic nitrogens is 2. The zero-order chi connectivity index (χ0) is 14.2. The van der Waals surface area contributed by atoms with Crippen LogP contribution in [0.25, 0.3) is 0 Å². The minimum Gasteiger partial charge on any atom is -0.370 e. The molecular weight excluding hydrogens is 252 g/mol. The molecule has 1 aliphatic carbocycles. The normalized spacial score (nSPS) is 15.2. The van der Waals surface area contributed by atoms with Crippen LogP contribution in [0, 0.1) is 0 Å². The second-order valence-electron chi connectivity index (χ2n) is 5.38.